The number of carbonyl (C=O) groups is 1. The normalized spacial score (nSPS) is 16.6. The monoisotopic (exact) mass is 388 g/mol. The minimum atomic E-state index is -0.0802. The van der Waals surface area contributed by atoms with Gasteiger partial charge in [-0.05, 0) is 23.8 Å². The fraction of sp³-hybridized carbons (Fsp3) is 0.300. The molecule has 0 saturated carbocycles. The standard InChI is InChI=1S/C20H21ClN2O4/c1-25-18-5-3-14(11-19(18)26-2)4-6-20(24)23-10-8-15(13-23)27-17-7-9-22-12-16(17)21/h3-7,9,11-12,15H,8,10,13H2,1-2H3/b6-4+. The molecule has 1 aliphatic rings. The third-order valence-electron chi connectivity index (χ3n) is 4.31. The van der Waals surface area contributed by atoms with E-state index < -0.39 is 0 Å². The fourth-order valence-electron chi connectivity index (χ4n) is 2.89. The molecule has 2 aromatic rings. The SMILES string of the molecule is COc1ccc(/C=C/C(=O)N2CCC(Oc3ccncc3Cl)C2)cc1OC. The van der Waals surface area contributed by atoms with Crippen molar-refractivity contribution in [1.29, 1.82) is 0 Å². The first-order valence-electron chi connectivity index (χ1n) is 8.56. The molecule has 1 aromatic heterocycles. The van der Waals surface area contributed by atoms with Crippen molar-refractivity contribution in [3.8, 4) is 17.2 Å². The van der Waals surface area contributed by atoms with Crippen LogP contribution in [0.2, 0.25) is 5.02 Å². The molecule has 1 fully saturated rings. The van der Waals surface area contributed by atoms with Gasteiger partial charge in [0, 0.05) is 37.5 Å². The van der Waals surface area contributed by atoms with Gasteiger partial charge in [0.05, 0.1) is 20.8 Å². The average Bonchev–Trinajstić information content (AvgIpc) is 3.16. The van der Waals surface area contributed by atoms with E-state index in [1.807, 2.05) is 12.1 Å². The van der Waals surface area contributed by atoms with Gasteiger partial charge in [-0.25, -0.2) is 0 Å². The molecule has 142 valence electrons. The maximum Gasteiger partial charge on any atom is 0.246 e. The number of aromatic nitrogens is 1. The molecular formula is C20H21ClN2O4. The van der Waals surface area contributed by atoms with Gasteiger partial charge in [0.2, 0.25) is 5.91 Å². The Morgan fingerprint density at radius 1 is 1.22 bits per heavy atom. The van der Waals surface area contributed by atoms with E-state index in [0.29, 0.717) is 35.4 Å². The molecule has 1 amide bonds. The van der Waals surface area contributed by atoms with Crippen LogP contribution in [-0.2, 0) is 4.79 Å². The maximum atomic E-state index is 12.5. The Morgan fingerprint density at radius 2 is 2.04 bits per heavy atom. The number of hydrogen-bond acceptors (Lipinski definition) is 5. The summed E-state index contributed by atoms with van der Waals surface area (Å²) in [5.41, 5.74) is 0.858. The highest BCUT2D eigenvalue weighted by molar-refractivity contribution is 6.31. The van der Waals surface area contributed by atoms with Crippen molar-refractivity contribution in [2.75, 3.05) is 27.3 Å². The zero-order valence-electron chi connectivity index (χ0n) is 15.2. The lowest BCUT2D eigenvalue weighted by molar-refractivity contribution is -0.125. The Kier molecular flexibility index (Phi) is 6.19. The van der Waals surface area contributed by atoms with Crippen molar-refractivity contribution in [1.82, 2.24) is 9.88 Å². The van der Waals surface area contributed by atoms with Crippen molar-refractivity contribution < 1.29 is 19.0 Å². The number of rotatable bonds is 6. The van der Waals surface area contributed by atoms with Gasteiger partial charge in [-0.2, -0.15) is 0 Å². The molecule has 1 unspecified atom stereocenters. The van der Waals surface area contributed by atoms with Gasteiger partial charge in [-0.15, -0.1) is 0 Å². The topological polar surface area (TPSA) is 60.9 Å². The predicted octanol–water partition coefficient (Wildman–Crippen LogP) is 3.45. The number of carbonyl (C=O) groups excluding carboxylic acids is 1. The van der Waals surface area contributed by atoms with Crippen LogP contribution in [-0.4, -0.2) is 49.2 Å². The lowest BCUT2D eigenvalue weighted by Gasteiger charge is -2.16. The molecule has 3 rings (SSSR count). The van der Waals surface area contributed by atoms with Crippen molar-refractivity contribution >= 4 is 23.6 Å². The van der Waals surface area contributed by atoms with E-state index in [1.54, 1.807) is 55.8 Å². The molecule has 0 aliphatic carbocycles. The van der Waals surface area contributed by atoms with Crippen LogP contribution in [0.1, 0.15) is 12.0 Å². The zero-order chi connectivity index (χ0) is 19.2. The van der Waals surface area contributed by atoms with Gasteiger partial charge in [0.15, 0.2) is 11.5 Å². The Morgan fingerprint density at radius 3 is 2.78 bits per heavy atom. The second kappa shape index (κ2) is 8.77. The number of likely N-dealkylation sites (tertiary alicyclic amines) is 1. The first-order chi connectivity index (χ1) is 13.1. The second-order valence-electron chi connectivity index (χ2n) is 6.07. The molecule has 6 nitrogen and oxygen atoms in total. The third-order valence-corrected chi connectivity index (χ3v) is 4.60. The van der Waals surface area contributed by atoms with Crippen molar-refractivity contribution in [3.05, 3.63) is 53.3 Å². The van der Waals surface area contributed by atoms with Gasteiger partial charge < -0.3 is 19.1 Å². The molecule has 0 radical (unpaired) electrons. The van der Waals surface area contributed by atoms with Gasteiger partial charge in [-0.1, -0.05) is 17.7 Å². The molecule has 0 bridgehead atoms. The number of benzene rings is 1. The van der Waals surface area contributed by atoms with Crippen LogP contribution < -0.4 is 14.2 Å². The van der Waals surface area contributed by atoms with Gasteiger partial charge >= 0.3 is 0 Å². The molecule has 1 atom stereocenters. The minimum absolute atomic E-state index is 0.0586. The van der Waals surface area contributed by atoms with Crippen LogP contribution in [0.3, 0.4) is 0 Å². The largest absolute Gasteiger partial charge is 0.493 e. The van der Waals surface area contributed by atoms with Gasteiger partial charge in [0.25, 0.3) is 0 Å². The Hall–Kier alpha value is -2.73. The first kappa shape index (κ1) is 19.0. The lowest BCUT2D eigenvalue weighted by atomic mass is 10.2. The molecule has 1 saturated heterocycles. The number of pyridine rings is 1. The molecule has 1 aliphatic heterocycles. The summed E-state index contributed by atoms with van der Waals surface area (Å²) in [7, 11) is 3.16. The highest BCUT2D eigenvalue weighted by Gasteiger charge is 2.27. The molecule has 1 aromatic carbocycles. The number of ether oxygens (including phenoxy) is 3. The number of methoxy groups -OCH3 is 2. The third kappa shape index (κ3) is 4.71. The predicted molar refractivity (Wildman–Crippen MR) is 103 cm³/mol. The van der Waals surface area contributed by atoms with Crippen LogP contribution >= 0.6 is 11.6 Å². The number of nitrogens with zero attached hydrogens (tertiary/aromatic N) is 2. The molecule has 0 spiro atoms. The van der Waals surface area contributed by atoms with Crippen LogP contribution in [0.5, 0.6) is 17.2 Å². The first-order valence-corrected chi connectivity index (χ1v) is 8.93. The minimum Gasteiger partial charge on any atom is -0.493 e. The fourth-order valence-corrected chi connectivity index (χ4v) is 3.06. The van der Waals surface area contributed by atoms with E-state index in [0.717, 1.165) is 12.0 Å². The number of halogens is 1. The highest BCUT2D eigenvalue weighted by Crippen LogP contribution is 2.28. The summed E-state index contributed by atoms with van der Waals surface area (Å²) in [5, 5.41) is 0.468. The smallest absolute Gasteiger partial charge is 0.246 e. The zero-order valence-corrected chi connectivity index (χ0v) is 16.0. The summed E-state index contributed by atoms with van der Waals surface area (Å²) in [6, 6.07) is 7.22. The summed E-state index contributed by atoms with van der Waals surface area (Å²) in [6.07, 6.45) is 7.17. The van der Waals surface area contributed by atoms with Crippen molar-refractivity contribution in [3.63, 3.8) is 0 Å². The lowest BCUT2D eigenvalue weighted by Crippen LogP contribution is -2.29. The Balaban J connectivity index is 1.59. The molecule has 27 heavy (non-hydrogen) atoms. The van der Waals surface area contributed by atoms with Crippen LogP contribution in [0.25, 0.3) is 6.08 Å². The maximum absolute atomic E-state index is 12.5. The second-order valence-corrected chi connectivity index (χ2v) is 6.47. The summed E-state index contributed by atoms with van der Waals surface area (Å²) in [6.45, 7) is 1.16. The van der Waals surface area contributed by atoms with E-state index in [-0.39, 0.29) is 12.0 Å². The van der Waals surface area contributed by atoms with Crippen LogP contribution in [0, 0.1) is 0 Å². The van der Waals surface area contributed by atoms with Crippen LogP contribution in [0.4, 0.5) is 0 Å². The quantitative estimate of drug-likeness (QED) is 0.709. The van der Waals surface area contributed by atoms with E-state index in [4.69, 9.17) is 25.8 Å². The van der Waals surface area contributed by atoms with Crippen LogP contribution in [0.15, 0.2) is 42.7 Å². The van der Waals surface area contributed by atoms with E-state index >= 15 is 0 Å². The average molecular weight is 389 g/mol. The molecule has 7 heteroatoms. The Labute approximate surface area is 163 Å². The number of hydrogen-bond donors (Lipinski definition) is 0. The summed E-state index contributed by atoms with van der Waals surface area (Å²) < 4.78 is 16.4. The van der Waals surface area contributed by atoms with Crippen molar-refractivity contribution in [2.24, 2.45) is 0 Å². The molecule has 0 N–H and O–H groups in total. The van der Waals surface area contributed by atoms with E-state index in [9.17, 15) is 4.79 Å². The van der Waals surface area contributed by atoms with Crippen molar-refractivity contribution in [2.45, 2.75) is 12.5 Å². The van der Waals surface area contributed by atoms with Gasteiger partial charge in [0.1, 0.15) is 16.9 Å². The Bertz CT molecular complexity index is 840. The highest BCUT2D eigenvalue weighted by atomic mass is 35.5. The number of amides is 1. The summed E-state index contributed by atoms with van der Waals surface area (Å²) >= 11 is 6.07. The molecule has 2 heterocycles. The summed E-state index contributed by atoms with van der Waals surface area (Å²) in [5.74, 6) is 1.80. The van der Waals surface area contributed by atoms with E-state index in [2.05, 4.69) is 4.98 Å². The summed E-state index contributed by atoms with van der Waals surface area (Å²) in [4.78, 5) is 18.2. The van der Waals surface area contributed by atoms with Gasteiger partial charge in [-0.3, -0.25) is 9.78 Å². The molecular weight excluding hydrogens is 368 g/mol. The van der Waals surface area contributed by atoms with E-state index in [1.165, 1.54) is 0 Å².